The van der Waals surface area contributed by atoms with Crippen LogP contribution >= 0.6 is 0 Å². The summed E-state index contributed by atoms with van der Waals surface area (Å²) in [6.07, 6.45) is 1.29. The number of esters is 1. The fraction of sp³-hybridized carbons (Fsp3) is 0.381. The highest BCUT2D eigenvalue weighted by Gasteiger charge is 2.18. The van der Waals surface area contributed by atoms with Gasteiger partial charge in [-0.3, -0.25) is 23.5 Å². The molecule has 0 atom stereocenters. The number of aromatic nitrogens is 4. The van der Waals surface area contributed by atoms with Crippen LogP contribution in [0.1, 0.15) is 30.9 Å². The Hall–Kier alpha value is -3.69. The number of nitrogens with one attached hydrogen (secondary N) is 1. The zero-order valence-electron chi connectivity index (χ0n) is 18.1. The molecule has 1 aromatic carbocycles. The molecule has 0 saturated heterocycles. The fourth-order valence-corrected chi connectivity index (χ4v) is 3.37. The standard InChI is InChI=1S/C21H25N5O5/c1-12(2)14-8-6-7-13(3)17(14)23-15(27)10-31-16(28)9-26-11-22-19-18(26)20(29)25(5)21(30)24(19)4/h6-8,11-12H,9-10H2,1-5H3,(H,23,27). The highest BCUT2D eigenvalue weighted by atomic mass is 16.5. The first kappa shape index (κ1) is 22.0. The third kappa shape index (κ3) is 4.27. The number of carbonyl (C=O) groups is 2. The van der Waals surface area contributed by atoms with E-state index in [4.69, 9.17) is 4.74 Å². The summed E-state index contributed by atoms with van der Waals surface area (Å²) >= 11 is 0. The quantitative estimate of drug-likeness (QED) is 0.588. The predicted octanol–water partition coefficient (Wildman–Crippen LogP) is 1.05. The van der Waals surface area contributed by atoms with Crippen LogP contribution in [0, 0.1) is 6.92 Å². The molecule has 10 nitrogen and oxygen atoms in total. The lowest BCUT2D eigenvalue weighted by atomic mass is 9.98. The van der Waals surface area contributed by atoms with Gasteiger partial charge in [-0.2, -0.15) is 0 Å². The summed E-state index contributed by atoms with van der Waals surface area (Å²) in [5.74, 6) is -0.955. The van der Waals surface area contributed by atoms with E-state index in [0.717, 1.165) is 15.7 Å². The summed E-state index contributed by atoms with van der Waals surface area (Å²) in [5, 5.41) is 2.81. The molecule has 0 bridgehead atoms. The number of carbonyl (C=O) groups excluding carboxylic acids is 2. The van der Waals surface area contributed by atoms with E-state index < -0.39 is 29.7 Å². The summed E-state index contributed by atoms with van der Waals surface area (Å²) in [6, 6.07) is 5.76. The van der Waals surface area contributed by atoms with Gasteiger partial charge in [0, 0.05) is 19.8 Å². The van der Waals surface area contributed by atoms with E-state index in [2.05, 4.69) is 10.3 Å². The SMILES string of the molecule is Cc1cccc(C(C)C)c1NC(=O)COC(=O)Cn1cnc2c1c(=O)n(C)c(=O)n2C. The number of rotatable bonds is 6. The Morgan fingerprint density at radius 2 is 1.87 bits per heavy atom. The second-order valence-corrected chi connectivity index (χ2v) is 7.65. The minimum Gasteiger partial charge on any atom is -0.454 e. The van der Waals surface area contributed by atoms with Crippen molar-refractivity contribution in [3.8, 4) is 0 Å². The summed E-state index contributed by atoms with van der Waals surface area (Å²) in [6.45, 7) is 5.16. The first-order valence-electron chi connectivity index (χ1n) is 9.77. The van der Waals surface area contributed by atoms with E-state index in [-0.39, 0.29) is 23.6 Å². The van der Waals surface area contributed by atoms with Crippen molar-refractivity contribution < 1.29 is 14.3 Å². The van der Waals surface area contributed by atoms with Crippen molar-refractivity contribution in [1.82, 2.24) is 18.7 Å². The van der Waals surface area contributed by atoms with Crippen LogP contribution in [-0.2, 0) is 35.0 Å². The van der Waals surface area contributed by atoms with Gasteiger partial charge in [-0.25, -0.2) is 9.78 Å². The highest BCUT2D eigenvalue weighted by molar-refractivity contribution is 5.94. The molecule has 0 aliphatic rings. The smallest absolute Gasteiger partial charge is 0.332 e. The molecule has 0 spiro atoms. The van der Waals surface area contributed by atoms with Crippen molar-refractivity contribution in [2.45, 2.75) is 33.2 Å². The minimum atomic E-state index is -0.709. The molecule has 164 valence electrons. The Balaban J connectivity index is 1.70. The number of hydrogen-bond acceptors (Lipinski definition) is 6. The fourth-order valence-electron chi connectivity index (χ4n) is 3.37. The van der Waals surface area contributed by atoms with Gasteiger partial charge in [0.25, 0.3) is 11.5 Å². The normalized spacial score (nSPS) is 11.2. The number of imidazole rings is 1. The number of anilines is 1. The number of fused-ring (bicyclic) bond motifs is 1. The Morgan fingerprint density at radius 3 is 2.55 bits per heavy atom. The van der Waals surface area contributed by atoms with Crippen molar-refractivity contribution in [2.24, 2.45) is 14.1 Å². The number of amides is 1. The number of hydrogen-bond donors (Lipinski definition) is 1. The molecule has 0 aliphatic heterocycles. The molecular formula is C21H25N5O5. The van der Waals surface area contributed by atoms with Gasteiger partial charge in [-0.05, 0) is 24.0 Å². The van der Waals surface area contributed by atoms with Gasteiger partial charge in [-0.1, -0.05) is 32.0 Å². The molecule has 1 amide bonds. The van der Waals surface area contributed by atoms with Crippen LogP contribution in [0.2, 0.25) is 0 Å². The largest absolute Gasteiger partial charge is 0.454 e. The van der Waals surface area contributed by atoms with Gasteiger partial charge < -0.3 is 14.6 Å². The zero-order valence-corrected chi connectivity index (χ0v) is 18.1. The number of para-hydroxylation sites is 1. The van der Waals surface area contributed by atoms with Crippen molar-refractivity contribution >= 4 is 28.7 Å². The summed E-state index contributed by atoms with van der Waals surface area (Å²) in [5.41, 5.74) is 1.81. The van der Waals surface area contributed by atoms with E-state index in [1.54, 1.807) is 0 Å². The van der Waals surface area contributed by atoms with E-state index in [1.807, 2.05) is 39.0 Å². The molecule has 3 aromatic rings. The van der Waals surface area contributed by atoms with E-state index in [1.165, 1.54) is 29.6 Å². The Kier molecular flexibility index (Phi) is 6.09. The van der Waals surface area contributed by atoms with Crippen LogP contribution in [0.15, 0.2) is 34.1 Å². The zero-order chi connectivity index (χ0) is 22.9. The van der Waals surface area contributed by atoms with Gasteiger partial charge in [0.05, 0.1) is 6.33 Å². The predicted molar refractivity (Wildman–Crippen MR) is 115 cm³/mol. The van der Waals surface area contributed by atoms with Gasteiger partial charge in [-0.15, -0.1) is 0 Å². The second-order valence-electron chi connectivity index (χ2n) is 7.65. The third-order valence-corrected chi connectivity index (χ3v) is 5.07. The van der Waals surface area contributed by atoms with Gasteiger partial charge in [0.1, 0.15) is 6.54 Å². The van der Waals surface area contributed by atoms with Crippen molar-refractivity contribution in [2.75, 3.05) is 11.9 Å². The highest BCUT2D eigenvalue weighted by Crippen LogP contribution is 2.27. The number of aryl methyl sites for hydroxylation is 2. The maximum absolute atomic E-state index is 12.4. The molecule has 0 saturated carbocycles. The molecule has 10 heteroatoms. The van der Waals surface area contributed by atoms with Gasteiger partial charge in [0.15, 0.2) is 17.8 Å². The molecule has 3 rings (SSSR count). The molecule has 2 heterocycles. The average Bonchev–Trinajstić information content (AvgIpc) is 3.14. The topological polar surface area (TPSA) is 117 Å². The van der Waals surface area contributed by atoms with Crippen LogP contribution in [0.25, 0.3) is 11.2 Å². The minimum absolute atomic E-state index is 0.104. The molecule has 0 fully saturated rings. The van der Waals surface area contributed by atoms with Crippen LogP contribution < -0.4 is 16.6 Å². The van der Waals surface area contributed by atoms with Crippen LogP contribution in [-0.4, -0.2) is 37.2 Å². The van der Waals surface area contributed by atoms with Crippen molar-refractivity contribution in [1.29, 1.82) is 0 Å². The lowest BCUT2D eigenvalue weighted by Gasteiger charge is -2.16. The van der Waals surface area contributed by atoms with Gasteiger partial charge in [0.2, 0.25) is 0 Å². The maximum Gasteiger partial charge on any atom is 0.332 e. The molecule has 2 aromatic heterocycles. The molecule has 0 unspecified atom stereocenters. The first-order chi connectivity index (χ1) is 14.6. The number of ether oxygens (including phenoxy) is 1. The number of benzene rings is 1. The lowest BCUT2D eigenvalue weighted by Crippen LogP contribution is -2.37. The molecule has 0 radical (unpaired) electrons. The molecular weight excluding hydrogens is 402 g/mol. The Labute approximate surface area is 178 Å². The molecule has 1 N–H and O–H groups in total. The van der Waals surface area contributed by atoms with Crippen LogP contribution in [0.3, 0.4) is 0 Å². The second kappa shape index (κ2) is 8.58. The van der Waals surface area contributed by atoms with Crippen molar-refractivity contribution in [3.05, 3.63) is 56.5 Å². The Morgan fingerprint density at radius 1 is 1.16 bits per heavy atom. The van der Waals surface area contributed by atoms with Crippen LogP contribution in [0.5, 0.6) is 0 Å². The monoisotopic (exact) mass is 427 g/mol. The van der Waals surface area contributed by atoms with Crippen molar-refractivity contribution in [3.63, 3.8) is 0 Å². The number of nitrogens with zero attached hydrogens (tertiary/aromatic N) is 4. The Bertz CT molecular complexity index is 1280. The summed E-state index contributed by atoms with van der Waals surface area (Å²) in [4.78, 5) is 53.1. The van der Waals surface area contributed by atoms with Crippen LogP contribution in [0.4, 0.5) is 5.69 Å². The lowest BCUT2D eigenvalue weighted by molar-refractivity contribution is -0.147. The van der Waals surface area contributed by atoms with E-state index in [0.29, 0.717) is 5.69 Å². The summed E-state index contributed by atoms with van der Waals surface area (Å²) in [7, 11) is 2.84. The summed E-state index contributed by atoms with van der Waals surface area (Å²) < 4.78 is 8.55. The maximum atomic E-state index is 12.4. The van der Waals surface area contributed by atoms with Gasteiger partial charge >= 0.3 is 11.7 Å². The molecule has 31 heavy (non-hydrogen) atoms. The average molecular weight is 427 g/mol. The molecule has 0 aliphatic carbocycles. The third-order valence-electron chi connectivity index (χ3n) is 5.07. The van der Waals surface area contributed by atoms with E-state index >= 15 is 0 Å². The first-order valence-corrected chi connectivity index (χ1v) is 9.77. The van der Waals surface area contributed by atoms with E-state index in [9.17, 15) is 19.2 Å².